The Morgan fingerprint density at radius 3 is 2.62 bits per heavy atom. The first kappa shape index (κ1) is 15.9. The smallest absolute Gasteiger partial charge is 0.119 e. The second kappa shape index (κ2) is 7.48. The second-order valence-electron chi connectivity index (χ2n) is 4.94. The number of ether oxygens (including phenoxy) is 1. The zero-order chi connectivity index (χ0) is 15.2. The van der Waals surface area contributed by atoms with Crippen molar-refractivity contribution in [1.82, 2.24) is 9.78 Å². The third-order valence-electron chi connectivity index (χ3n) is 3.43. The molecule has 5 heteroatoms. The molecular formula is C16H22ClN3O. The number of benzene rings is 1. The van der Waals surface area contributed by atoms with Gasteiger partial charge in [-0.25, -0.2) is 0 Å². The van der Waals surface area contributed by atoms with E-state index in [1.165, 1.54) is 0 Å². The summed E-state index contributed by atoms with van der Waals surface area (Å²) in [7, 11) is 0. The SMILES string of the molecule is CCCCOc1ccc(C(N)c2c(Cl)cnn2CC)cc1. The number of hydrogen-bond acceptors (Lipinski definition) is 3. The molecule has 0 amide bonds. The molecule has 0 bridgehead atoms. The van der Waals surface area contributed by atoms with Crippen LogP contribution >= 0.6 is 11.6 Å². The fourth-order valence-electron chi connectivity index (χ4n) is 2.20. The van der Waals surface area contributed by atoms with E-state index in [0.29, 0.717) is 5.02 Å². The molecule has 0 spiro atoms. The molecule has 2 aromatic rings. The Hall–Kier alpha value is -1.52. The van der Waals surface area contributed by atoms with Crippen LogP contribution in [0.15, 0.2) is 30.5 Å². The summed E-state index contributed by atoms with van der Waals surface area (Å²) in [6, 6.07) is 7.58. The van der Waals surface area contributed by atoms with Crippen LogP contribution in [-0.2, 0) is 6.54 Å². The number of nitrogens with two attached hydrogens (primary N) is 1. The van der Waals surface area contributed by atoms with Crippen molar-refractivity contribution in [2.75, 3.05) is 6.61 Å². The lowest BCUT2D eigenvalue weighted by Crippen LogP contribution is -2.17. The first-order chi connectivity index (χ1) is 10.2. The van der Waals surface area contributed by atoms with Crippen molar-refractivity contribution < 1.29 is 4.74 Å². The standard InChI is InChI=1S/C16H22ClN3O/c1-3-5-10-21-13-8-6-12(7-9-13)15(18)16-14(17)11-19-20(16)4-2/h6-9,11,15H,3-5,10,18H2,1-2H3. The van der Waals surface area contributed by atoms with Crippen LogP contribution in [0.4, 0.5) is 0 Å². The van der Waals surface area contributed by atoms with E-state index >= 15 is 0 Å². The third kappa shape index (κ3) is 3.77. The summed E-state index contributed by atoms with van der Waals surface area (Å²) in [5, 5.41) is 4.83. The number of aromatic nitrogens is 2. The molecule has 0 aliphatic carbocycles. The molecule has 2 rings (SSSR count). The lowest BCUT2D eigenvalue weighted by molar-refractivity contribution is 0.309. The van der Waals surface area contributed by atoms with Gasteiger partial charge in [0.15, 0.2) is 0 Å². The number of unbranched alkanes of at least 4 members (excludes halogenated alkanes) is 1. The van der Waals surface area contributed by atoms with E-state index < -0.39 is 0 Å². The monoisotopic (exact) mass is 307 g/mol. The molecule has 0 radical (unpaired) electrons. The predicted molar refractivity (Wildman–Crippen MR) is 85.8 cm³/mol. The van der Waals surface area contributed by atoms with Crippen LogP contribution in [0.3, 0.4) is 0 Å². The summed E-state index contributed by atoms with van der Waals surface area (Å²) >= 11 is 6.20. The maximum absolute atomic E-state index is 6.32. The van der Waals surface area contributed by atoms with Gasteiger partial charge in [-0.05, 0) is 31.0 Å². The number of nitrogens with zero attached hydrogens (tertiary/aromatic N) is 2. The van der Waals surface area contributed by atoms with Crippen molar-refractivity contribution in [1.29, 1.82) is 0 Å². The molecule has 1 heterocycles. The van der Waals surface area contributed by atoms with Crippen molar-refractivity contribution >= 4 is 11.6 Å². The minimum Gasteiger partial charge on any atom is -0.494 e. The molecule has 1 atom stereocenters. The lowest BCUT2D eigenvalue weighted by Gasteiger charge is -2.15. The van der Waals surface area contributed by atoms with Gasteiger partial charge in [0, 0.05) is 6.54 Å². The van der Waals surface area contributed by atoms with E-state index in [2.05, 4.69) is 12.0 Å². The number of hydrogen-bond donors (Lipinski definition) is 1. The van der Waals surface area contributed by atoms with Gasteiger partial charge in [0.25, 0.3) is 0 Å². The predicted octanol–water partition coefficient (Wildman–Crippen LogP) is 3.78. The molecule has 21 heavy (non-hydrogen) atoms. The largest absolute Gasteiger partial charge is 0.494 e. The van der Waals surface area contributed by atoms with Crippen LogP contribution < -0.4 is 10.5 Å². The average molecular weight is 308 g/mol. The Morgan fingerprint density at radius 1 is 1.29 bits per heavy atom. The van der Waals surface area contributed by atoms with E-state index in [1.807, 2.05) is 35.9 Å². The van der Waals surface area contributed by atoms with Crippen molar-refractivity contribution in [3.05, 3.63) is 46.7 Å². The maximum atomic E-state index is 6.32. The zero-order valence-corrected chi connectivity index (χ0v) is 13.3. The summed E-state index contributed by atoms with van der Waals surface area (Å²) in [6.45, 7) is 5.65. The number of aryl methyl sites for hydroxylation is 1. The highest BCUT2D eigenvalue weighted by molar-refractivity contribution is 6.31. The Kier molecular flexibility index (Phi) is 5.65. The van der Waals surface area contributed by atoms with E-state index in [4.69, 9.17) is 22.1 Å². The van der Waals surface area contributed by atoms with Gasteiger partial charge in [-0.15, -0.1) is 0 Å². The lowest BCUT2D eigenvalue weighted by atomic mass is 10.0. The zero-order valence-electron chi connectivity index (χ0n) is 12.6. The Balaban J connectivity index is 2.12. The van der Waals surface area contributed by atoms with Crippen LogP contribution in [0.1, 0.15) is 44.0 Å². The summed E-state index contributed by atoms with van der Waals surface area (Å²) in [4.78, 5) is 0. The molecule has 1 aromatic heterocycles. The van der Waals surface area contributed by atoms with Gasteiger partial charge >= 0.3 is 0 Å². The van der Waals surface area contributed by atoms with Gasteiger partial charge in [-0.3, -0.25) is 4.68 Å². The highest BCUT2D eigenvalue weighted by atomic mass is 35.5. The molecule has 0 saturated heterocycles. The first-order valence-electron chi connectivity index (χ1n) is 7.36. The minimum atomic E-state index is -0.287. The van der Waals surface area contributed by atoms with Gasteiger partial charge in [0.1, 0.15) is 5.75 Å². The Labute approximate surface area is 130 Å². The van der Waals surface area contributed by atoms with E-state index in [9.17, 15) is 0 Å². The van der Waals surface area contributed by atoms with Gasteiger partial charge in [-0.2, -0.15) is 5.10 Å². The first-order valence-corrected chi connectivity index (χ1v) is 7.74. The topological polar surface area (TPSA) is 53.1 Å². The fraction of sp³-hybridized carbons (Fsp3) is 0.438. The molecule has 0 fully saturated rings. The summed E-state index contributed by atoms with van der Waals surface area (Å²) < 4.78 is 7.49. The van der Waals surface area contributed by atoms with Crippen molar-refractivity contribution in [2.24, 2.45) is 5.73 Å². The molecule has 2 N–H and O–H groups in total. The van der Waals surface area contributed by atoms with E-state index in [1.54, 1.807) is 6.20 Å². The fourth-order valence-corrected chi connectivity index (χ4v) is 2.46. The summed E-state index contributed by atoms with van der Waals surface area (Å²) in [5.74, 6) is 0.870. The van der Waals surface area contributed by atoms with Gasteiger partial charge in [0.05, 0.1) is 29.6 Å². The van der Waals surface area contributed by atoms with E-state index in [0.717, 1.165) is 43.0 Å². The summed E-state index contributed by atoms with van der Waals surface area (Å²) in [5.41, 5.74) is 8.17. The normalized spacial score (nSPS) is 12.4. The molecule has 1 aromatic carbocycles. The van der Waals surface area contributed by atoms with Crippen LogP contribution in [-0.4, -0.2) is 16.4 Å². The molecule has 0 aliphatic heterocycles. The highest BCUT2D eigenvalue weighted by Crippen LogP contribution is 2.27. The summed E-state index contributed by atoms with van der Waals surface area (Å²) in [6.07, 6.45) is 3.83. The Bertz CT molecular complexity index is 565. The van der Waals surface area contributed by atoms with Crippen LogP contribution in [0.5, 0.6) is 5.75 Å². The number of halogens is 1. The number of rotatable bonds is 7. The second-order valence-corrected chi connectivity index (χ2v) is 5.35. The van der Waals surface area contributed by atoms with Gasteiger partial charge < -0.3 is 10.5 Å². The van der Waals surface area contributed by atoms with Crippen LogP contribution in [0.2, 0.25) is 5.02 Å². The molecule has 114 valence electrons. The third-order valence-corrected chi connectivity index (χ3v) is 3.72. The average Bonchev–Trinajstić information content (AvgIpc) is 2.88. The van der Waals surface area contributed by atoms with Crippen molar-refractivity contribution in [3.8, 4) is 5.75 Å². The Morgan fingerprint density at radius 2 is 2.00 bits per heavy atom. The van der Waals surface area contributed by atoms with Crippen molar-refractivity contribution in [3.63, 3.8) is 0 Å². The van der Waals surface area contributed by atoms with Crippen molar-refractivity contribution in [2.45, 2.75) is 39.3 Å². The van der Waals surface area contributed by atoms with E-state index in [-0.39, 0.29) is 6.04 Å². The van der Waals surface area contributed by atoms with Gasteiger partial charge in [0.2, 0.25) is 0 Å². The molecule has 4 nitrogen and oxygen atoms in total. The minimum absolute atomic E-state index is 0.287. The molecule has 1 unspecified atom stereocenters. The van der Waals surface area contributed by atoms with Crippen LogP contribution in [0, 0.1) is 0 Å². The highest BCUT2D eigenvalue weighted by Gasteiger charge is 2.18. The quantitative estimate of drug-likeness (QED) is 0.792. The van der Waals surface area contributed by atoms with Crippen LogP contribution in [0.25, 0.3) is 0 Å². The molecule has 0 saturated carbocycles. The maximum Gasteiger partial charge on any atom is 0.119 e. The molecule has 0 aliphatic rings. The molecular weight excluding hydrogens is 286 g/mol. The van der Waals surface area contributed by atoms with Gasteiger partial charge in [-0.1, -0.05) is 37.1 Å².